The Morgan fingerprint density at radius 1 is 1.12 bits per heavy atom. The maximum absolute atomic E-state index is 13.4. The van der Waals surface area contributed by atoms with E-state index in [2.05, 4.69) is 0 Å². The number of alkyl halides is 3. The number of aromatic nitrogens is 1. The Morgan fingerprint density at radius 3 is 2.59 bits per heavy atom. The smallest absolute Gasteiger partial charge is 0.416 e. The average Bonchev–Trinajstić information content (AvgIpc) is 2.81. The molecule has 0 amide bonds. The molecule has 2 aromatic carbocycles. The van der Waals surface area contributed by atoms with Crippen LogP contribution in [-0.4, -0.2) is 18.7 Å². The van der Waals surface area contributed by atoms with E-state index in [9.17, 15) is 22.8 Å². The number of pyridine rings is 1. The summed E-state index contributed by atoms with van der Waals surface area (Å²) in [4.78, 5) is 25.5. The number of carbonyl (C=O) groups excluding carboxylic acids is 2. The van der Waals surface area contributed by atoms with E-state index >= 15 is 0 Å². The molecule has 1 unspecified atom stereocenters. The molecule has 0 N–H and O–H groups in total. The number of methoxy groups -OCH3 is 1. The van der Waals surface area contributed by atoms with Crippen LogP contribution in [0.4, 0.5) is 13.2 Å². The Balaban J connectivity index is 1.59. The second-order valence-corrected chi connectivity index (χ2v) is 8.59. The summed E-state index contributed by atoms with van der Waals surface area (Å²) >= 11 is 0. The van der Waals surface area contributed by atoms with Crippen molar-refractivity contribution < 1.29 is 32.1 Å². The van der Waals surface area contributed by atoms with Gasteiger partial charge in [0.15, 0.2) is 30.5 Å². The van der Waals surface area contributed by atoms with E-state index in [4.69, 9.17) is 4.74 Å². The summed E-state index contributed by atoms with van der Waals surface area (Å²) in [5.41, 5.74) is 2.21. The first-order valence-electron chi connectivity index (χ1n) is 11.1. The number of carbonyl (C=O) groups is 2. The normalized spacial score (nSPS) is 15.7. The number of benzene rings is 2. The first-order chi connectivity index (χ1) is 16.2. The first kappa shape index (κ1) is 23.7. The van der Waals surface area contributed by atoms with Crippen LogP contribution in [0, 0.1) is 5.92 Å². The van der Waals surface area contributed by atoms with Gasteiger partial charge in [-0.05, 0) is 61.6 Å². The molecule has 1 aliphatic carbocycles. The molecule has 7 heteroatoms. The molecule has 1 aromatic heterocycles. The summed E-state index contributed by atoms with van der Waals surface area (Å²) < 4.78 is 46.9. The molecular formula is C27H25F3NO3+. The lowest BCUT2D eigenvalue weighted by atomic mass is 9.79. The van der Waals surface area contributed by atoms with Gasteiger partial charge in [0.1, 0.15) is 5.75 Å². The Kier molecular flexibility index (Phi) is 6.55. The molecular weight excluding hydrogens is 443 g/mol. The lowest BCUT2D eigenvalue weighted by molar-refractivity contribution is -0.688. The summed E-state index contributed by atoms with van der Waals surface area (Å²) in [6.45, 7) is 1.41. The van der Waals surface area contributed by atoms with Gasteiger partial charge in [-0.3, -0.25) is 9.59 Å². The largest absolute Gasteiger partial charge is 0.497 e. The molecule has 4 nitrogen and oxygen atoms in total. The second kappa shape index (κ2) is 9.41. The molecule has 0 saturated carbocycles. The predicted molar refractivity (Wildman–Crippen MR) is 120 cm³/mol. The second-order valence-electron chi connectivity index (χ2n) is 8.59. The summed E-state index contributed by atoms with van der Waals surface area (Å²) in [6, 6.07) is 12.6. The van der Waals surface area contributed by atoms with E-state index in [0.717, 1.165) is 23.6 Å². The third-order valence-electron chi connectivity index (χ3n) is 6.34. The number of halogens is 3. The van der Waals surface area contributed by atoms with Crippen LogP contribution in [0.2, 0.25) is 0 Å². The van der Waals surface area contributed by atoms with Gasteiger partial charge in [-0.2, -0.15) is 13.2 Å². The fourth-order valence-electron chi connectivity index (χ4n) is 4.58. The Morgan fingerprint density at radius 2 is 1.88 bits per heavy atom. The minimum atomic E-state index is -4.46. The zero-order valence-electron chi connectivity index (χ0n) is 19.0. The molecule has 3 aromatic rings. The van der Waals surface area contributed by atoms with Crippen LogP contribution in [0.1, 0.15) is 56.3 Å². The minimum Gasteiger partial charge on any atom is -0.497 e. The van der Waals surface area contributed by atoms with Crippen LogP contribution in [0.5, 0.6) is 5.75 Å². The maximum Gasteiger partial charge on any atom is 0.416 e. The lowest BCUT2D eigenvalue weighted by Gasteiger charge is -2.24. The first-order valence-corrected chi connectivity index (χ1v) is 11.1. The predicted octanol–water partition coefficient (Wildman–Crippen LogP) is 5.24. The highest BCUT2D eigenvalue weighted by Crippen LogP contribution is 2.32. The standard InChI is InChI=1S/C27H25F3NO3/c1-17(32)24-16-31(15-21-5-3-4-6-25(21)27(28,29)30)12-11-19(24)13-20-8-7-18-14-22(34-2)9-10-23(18)26(20)33/h3-6,9-12,14,16,20H,7-8,13,15H2,1-2H3/q+1. The Labute approximate surface area is 196 Å². The lowest BCUT2D eigenvalue weighted by Crippen LogP contribution is -2.36. The van der Waals surface area contributed by atoms with Crippen molar-refractivity contribution in [2.75, 3.05) is 7.11 Å². The van der Waals surface area contributed by atoms with Gasteiger partial charge in [-0.25, -0.2) is 4.57 Å². The van der Waals surface area contributed by atoms with E-state index in [1.807, 2.05) is 6.07 Å². The summed E-state index contributed by atoms with van der Waals surface area (Å²) in [5, 5.41) is 0. The van der Waals surface area contributed by atoms with Crippen LogP contribution in [0.3, 0.4) is 0 Å². The van der Waals surface area contributed by atoms with Crippen molar-refractivity contribution in [3.63, 3.8) is 0 Å². The highest BCUT2D eigenvalue weighted by atomic mass is 19.4. The van der Waals surface area contributed by atoms with Crippen LogP contribution in [0.25, 0.3) is 0 Å². The number of hydrogen-bond acceptors (Lipinski definition) is 3. The third-order valence-corrected chi connectivity index (χ3v) is 6.34. The van der Waals surface area contributed by atoms with E-state index < -0.39 is 11.7 Å². The van der Waals surface area contributed by atoms with Crippen LogP contribution >= 0.6 is 0 Å². The van der Waals surface area contributed by atoms with Gasteiger partial charge in [0.2, 0.25) is 0 Å². The SMILES string of the molecule is COc1ccc2c(c1)CCC(Cc1cc[n+](Cc3ccccc3C(F)(F)F)cc1C(C)=O)C2=O. The number of fused-ring (bicyclic) bond motifs is 1. The van der Waals surface area contributed by atoms with Gasteiger partial charge in [-0.1, -0.05) is 18.2 Å². The monoisotopic (exact) mass is 468 g/mol. The number of rotatable bonds is 6. The van der Waals surface area contributed by atoms with Gasteiger partial charge in [0.25, 0.3) is 0 Å². The molecule has 0 radical (unpaired) electrons. The van der Waals surface area contributed by atoms with Gasteiger partial charge < -0.3 is 4.74 Å². The van der Waals surface area contributed by atoms with Crippen LogP contribution in [-0.2, 0) is 25.6 Å². The van der Waals surface area contributed by atoms with Crippen molar-refractivity contribution in [3.8, 4) is 5.75 Å². The number of ether oxygens (including phenoxy) is 1. The number of aryl methyl sites for hydroxylation is 1. The molecule has 34 heavy (non-hydrogen) atoms. The number of Topliss-reactive ketones (excluding diaryl/α,β-unsaturated/α-hetero) is 2. The number of hydrogen-bond donors (Lipinski definition) is 0. The molecule has 0 bridgehead atoms. The molecule has 4 rings (SSSR count). The van der Waals surface area contributed by atoms with Crippen LogP contribution in [0.15, 0.2) is 60.9 Å². The quantitative estimate of drug-likeness (QED) is 0.367. The number of ketones is 2. The molecule has 0 spiro atoms. The highest BCUT2D eigenvalue weighted by molar-refractivity contribution is 6.01. The van der Waals surface area contributed by atoms with Crippen molar-refractivity contribution >= 4 is 11.6 Å². The maximum atomic E-state index is 13.4. The van der Waals surface area contributed by atoms with Crippen molar-refractivity contribution in [1.82, 2.24) is 0 Å². The topological polar surface area (TPSA) is 47.2 Å². The molecule has 0 aliphatic heterocycles. The Hall–Kier alpha value is -3.48. The molecule has 176 valence electrons. The minimum absolute atomic E-state index is 0.0200. The van der Waals surface area contributed by atoms with E-state index in [0.29, 0.717) is 29.7 Å². The molecule has 1 heterocycles. The summed E-state index contributed by atoms with van der Waals surface area (Å²) in [5.74, 6) is 0.292. The average molecular weight is 468 g/mol. The van der Waals surface area contributed by atoms with E-state index in [-0.39, 0.29) is 29.6 Å². The van der Waals surface area contributed by atoms with E-state index in [1.165, 1.54) is 19.1 Å². The zero-order chi connectivity index (χ0) is 24.5. The van der Waals surface area contributed by atoms with Gasteiger partial charge in [-0.15, -0.1) is 0 Å². The van der Waals surface area contributed by atoms with Gasteiger partial charge in [0, 0.05) is 23.1 Å². The number of nitrogens with zero attached hydrogens (tertiary/aromatic N) is 1. The van der Waals surface area contributed by atoms with Gasteiger partial charge >= 0.3 is 6.18 Å². The van der Waals surface area contributed by atoms with Gasteiger partial charge in [0.05, 0.1) is 18.2 Å². The third kappa shape index (κ3) is 4.88. The molecule has 0 saturated heterocycles. The summed E-state index contributed by atoms with van der Waals surface area (Å²) in [7, 11) is 1.59. The Bertz CT molecular complexity index is 1250. The highest BCUT2D eigenvalue weighted by Gasteiger charge is 2.34. The van der Waals surface area contributed by atoms with Crippen molar-refractivity contribution in [2.24, 2.45) is 5.92 Å². The summed E-state index contributed by atoms with van der Waals surface area (Å²) in [6.07, 6.45) is 0.586. The molecule has 0 fully saturated rings. The van der Waals surface area contributed by atoms with Crippen LogP contribution < -0.4 is 9.30 Å². The van der Waals surface area contributed by atoms with Crippen molar-refractivity contribution in [2.45, 2.75) is 38.9 Å². The van der Waals surface area contributed by atoms with Crippen molar-refractivity contribution in [1.29, 1.82) is 0 Å². The van der Waals surface area contributed by atoms with Crippen molar-refractivity contribution in [3.05, 3.63) is 94.3 Å². The fraction of sp³-hybridized carbons (Fsp3) is 0.296. The fourth-order valence-corrected chi connectivity index (χ4v) is 4.58. The molecule has 1 aliphatic rings. The zero-order valence-corrected chi connectivity index (χ0v) is 19.0. The molecule has 1 atom stereocenters. The van der Waals surface area contributed by atoms with E-state index in [1.54, 1.807) is 48.3 Å².